The van der Waals surface area contributed by atoms with E-state index >= 15 is 0 Å². The van der Waals surface area contributed by atoms with Crippen LogP contribution in [0.5, 0.6) is 0 Å². The van der Waals surface area contributed by atoms with E-state index in [2.05, 4.69) is 4.74 Å². The molecule has 0 aliphatic carbocycles. The van der Waals surface area contributed by atoms with Gasteiger partial charge in [-0.3, -0.25) is 4.79 Å². The summed E-state index contributed by atoms with van der Waals surface area (Å²) in [6.45, 7) is 0. The molecule has 4 nitrogen and oxygen atoms in total. The van der Waals surface area contributed by atoms with E-state index in [0.717, 1.165) is 13.2 Å². The Kier molecular flexibility index (Phi) is 3.78. The third kappa shape index (κ3) is 2.66. The van der Waals surface area contributed by atoms with Gasteiger partial charge in [0, 0.05) is 6.07 Å². The lowest BCUT2D eigenvalue weighted by Gasteiger charge is -2.07. The van der Waals surface area contributed by atoms with Gasteiger partial charge in [0.1, 0.15) is 5.82 Å². The van der Waals surface area contributed by atoms with Crippen LogP contribution in [-0.4, -0.2) is 19.0 Å². The minimum atomic E-state index is -1.21. The number of rotatable bonds is 1. The second-order valence-electron chi connectivity index (χ2n) is 2.69. The van der Waals surface area contributed by atoms with Crippen molar-refractivity contribution in [3.05, 3.63) is 28.8 Å². The van der Waals surface area contributed by atoms with Crippen LogP contribution in [0.1, 0.15) is 0 Å². The number of amides is 1. The van der Waals surface area contributed by atoms with Crippen molar-refractivity contribution in [3.8, 4) is 0 Å². The Hall–Kier alpha value is -1.69. The number of ether oxygens (including phenoxy) is 1. The normalized spacial score (nSPS) is 9.75. The van der Waals surface area contributed by atoms with Crippen LogP contribution in [0.4, 0.5) is 14.5 Å². The fourth-order valence-corrected chi connectivity index (χ4v) is 1.16. The number of carbonyl (C=O) groups is 2. The number of anilines is 1. The lowest BCUT2D eigenvalue weighted by molar-refractivity contribution is -0.150. The minimum absolute atomic E-state index is 0.352. The van der Waals surface area contributed by atoms with E-state index in [1.165, 1.54) is 0 Å². The molecule has 0 heterocycles. The number of methoxy groups -OCH3 is 1. The smallest absolute Gasteiger partial charge is 0.396 e. The Morgan fingerprint density at radius 2 is 2.00 bits per heavy atom. The molecule has 0 aromatic heterocycles. The highest BCUT2D eigenvalue weighted by Crippen LogP contribution is 2.26. The summed E-state index contributed by atoms with van der Waals surface area (Å²) in [4.78, 5) is 21.8. The summed E-state index contributed by atoms with van der Waals surface area (Å²) in [7, 11) is 0.991. The van der Waals surface area contributed by atoms with E-state index in [9.17, 15) is 18.4 Å². The van der Waals surface area contributed by atoms with Crippen LogP contribution in [-0.2, 0) is 14.3 Å². The molecule has 1 aromatic carbocycles. The quantitative estimate of drug-likeness (QED) is 0.609. The Balaban J connectivity index is 2.98. The first-order valence-electron chi connectivity index (χ1n) is 3.99. The molecule has 0 atom stereocenters. The van der Waals surface area contributed by atoms with Crippen LogP contribution in [0.15, 0.2) is 12.1 Å². The molecule has 0 radical (unpaired) electrons. The fraction of sp³-hybridized carbons (Fsp3) is 0.111. The van der Waals surface area contributed by atoms with E-state index < -0.39 is 29.2 Å². The van der Waals surface area contributed by atoms with Crippen molar-refractivity contribution < 1.29 is 23.1 Å². The maximum Gasteiger partial charge on any atom is 0.396 e. The monoisotopic (exact) mass is 249 g/mol. The first-order valence-corrected chi connectivity index (χ1v) is 4.37. The maximum absolute atomic E-state index is 13.1. The van der Waals surface area contributed by atoms with Crippen LogP contribution in [0.2, 0.25) is 5.02 Å². The fourth-order valence-electron chi connectivity index (χ4n) is 0.919. The van der Waals surface area contributed by atoms with Crippen molar-refractivity contribution in [2.75, 3.05) is 12.4 Å². The first kappa shape index (κ1) is 12.4. The SMILES string of the molecule is COC(=O)C(=O)Nc1c(F)cc(F)cc1Cl. The van der Waals surface area contributed by atoms with Gasteiger partial charge in [-0.25, -0.2) is 13.6 Å². The second-order valence-corrected chi connectivity index (χ2v) is 3.10. The van der Waals surface area contributed by atoms with Gasteiger partial charge < -0.3 is 10.1 Å². The molecule has 7 heteroatoms. The zero-order valence-corrected chi connectivity index (χ0v) is 8.77. The molecule has 0 saturated carbocycles. The molecule has 0 saturated heterocycles. The third-order valence-corrected chi connectivity index (χ3v) is 1.91. The number of halogens is 3. The van der Waals surface area contributed by atoms with Gasteiger partial charge in [-0.05, 0) is 6.07 Å². The van der Waals surface area contributed by atoms with Crippen LogP contribution < -0.4 is 5.32 Å². The minimum Gasteiger partial charge on any atom is -0.462 e. The van der Waals surface area contributed by atoms with Crippen molar-refractivity contribution in [2.45, 2.75) is 0 Å². The molecule has 1 amide bonds. The highest BCUT2D eigenvalue weighted by molar-refractivity contribution is 6.39. The molecule has 0 bridgehead atoms. The van der Waals surface area contributed by atoms with E-state index in [4.69, 9.17) is 11.6 Å². The summed E-state index contributed by atoms with van der Waals surface area (Å²) in [6.07, 6.45) is 0. The summed E-state index contributed by atoms with van der Waals surface area (Å²) in [5, 5.41) is 1.52. The predicted molar refractivity (Wildman–Crippen MR) is 52.0 cm³/mol. The zero-order valence-electron chi connectivity index (χ0n) is 8.01. The van der Waals surface area contributed by atoms with Crippen molar-refractivity contribution in [2.24, 2.45) is 0 Å². The summed E-state index contributed by atoms with van der Waals surface area (Å²) in [6, 6.07) is 1.33. The van der Waals surface area contributed by atoms with Gasteiger partial charge in [-0.2, -0.15) is 0 Å². The van der Waals surface area contributed by atoms with Crippen LogP contribution in [0.3, 0.4) is 0 Å². The van der Waals surface area contributed by atoms with E-state index in [1.54, 1.807) is 0 Å². The Bertz CT molecular complexity index is 427. The number of carbonyl (C=O) groups excluding carboxylic acids is 2. The van der Waals surface area contributed by atoms with Gasteiger partial charge in [0.15, 0.2) is 5.82 Å². The van der Waals surface area contributed by atoms with Crippen molar-refractivity contribution in [3.63, 3.8) is 0 Å². The van der Waals surface area contributed by atoms with Crippen molar-refractivity contribution in [1.82, 2.24) is 0 Å². The largest absolute Gasteiger partial charge is 0.462 e. The Morgan fingerprint density at radius 3 is 2.50 bits per heavy atom. The molecule has 1 N–H and O–H groups in total. The zero-order chi connectivity index (χ0) is 12.3. The maximum atomic E-state index is 13.1. The lowest BCUT2D eigenvalue weighted by Crippen LogP contribution is -2.24. The molecule has 1 rings (SSSR count). The Morgan fingerprint density at radius 1 is 1.38 bits per heavy atom. The number of benzene rings is 1. The van der Waals surface area contributed by atoms with Gasteiger partial charge in [0.2, 0.25) is 0 Å². The highest BCUT2D eigenvalue weighted by atomic mass is 35.5. The highest BCUT2D eigenvalue weighted by Gasteiger charge is 2.18. The number of hydrogen-bond acceptors (Lipinski definition) is 3. The van der Waals surface area contributed by atoms with Gasteiger partial charge in [-0.15, -0.1) is 0 Å². The molecular formula is C9H6ClF2NO3. The average molecular weight is 250 g/mol. The van der Waals surface area contributed by atoms with Crippen molar-refractivity contribution in [1.29, 1.82) is 0 Å². The predicted octanol–water partition coefficient (Wildman–Crippen LogP) is 1.73. The molecule has 0 fully saturated rings. The van der Waals surface area contributed by atoms with Gasteiger partial charge in [0.25, 0.3) is 0 Å². The number of hydrogen-bond donors (Lipinski definition) is 1. The standard InChI is InChI=1S/C9H6ClF2NO3/c1-16-9(15)8(14)13-7-5(10)2-4(11)3-6(7)12/h2-3H,1H3,(H,13,14). The molecule has 0 spiro atoms. The van der Waals surface area contributed by atoms with Crippen LogP contribution in [0.25, 0.3) is 0 Å². The molecular weight excluding hydrogens is 244 g/mol. The van der Waals surface area contributed by atoms with E-state index in [1.807, 2.05) is 5.32 Å². The lowest BCUT2D eigenvalue weighted by atomic mass is 10.3. The molecule has 86 valence electrons. The third-order valence-electron chi connectivity index (χ3n) is 1.62. The van der Waals surface area contributed by atoms with Gasteiger partial charge in [0.05, 0.1) is 17.8 Å². The number of esters is 1. The molecule has 0 aliphatic rings. The van der Waals surface area contributed by atoms with Crippen molar-refractivity contribution >= 4 is 29.2 Å². The van der Waals surface area contributed by atoms with Crippen LogP contribution in [0, 0.1) is 11.6 Å². The van der Waals surface area contributed by atoms with Gasteiger partial charge in [-0.1, -0.05) is 11.6 Å². The van der Waals surface area contributed by atoms with E-state index in [-0.39, 0.29) is 5.02 Å². The Labute approximate surface area is 94.1 Å². The first-order chi connectivity index (χ1) is 7.45. The molecule has 16 heavy (non-hydrogen) atoms. The molecule has 1 aromatic rings. The summed E-state index contributed by atoms with van der Waals surface area (Å²) >= 11 is 5.48. The van der Waals surface area contributed by atoms with Gasteiger partial charge >= 0.3 is 11.9 Å². The average Bonchev–Trinajstić information content (AvgIpc) is 2.21. The number of nitrogens with one attached hydrogen (secondary N) is 1. The summed E-state index contributed by atoms with van der Waals surface area (Å²) < 4.78 is 29.9. The molecule has 0 aliphatic heterocycles. The second kappa shape index (κ2) is 4.89. The van der Waals surface area contributed by atoms with Crippen LogP contribution >= 0.6 is 11.6 Å². The molecule has 0 unspecified atom stereocenters. The topological polar surface area (TPSA) is 55.4 Å². The summed E-state index contributed by atoms with van der Waals surface area (Å²) in [5.74, 6) is -4.38. The summed E-state index contributed by atoms with van der Waals surface area (Å²) in [5.41, 5.74) is -0.474. The van der Waals surface area contributed by atoms with E-state index in [0.29, 0.717) is 6.07 Å².